The Morgan fingerprint density at radius 2 is 1.75 bits per heavy atom. The first-order valence-corrected chi connectivity index (χ1v) is 10.9. The van der Waals surface area contributed by atoms with E-state index in [1.807, 2.05) is 15.9 Å². The van der Waals surface area contributed by atoms with Crippen molar-refractivity contribution in [3.8, 4) is 0 Å². The molecule has 5 nitrogen and oxygen atoms in total. The average molecular weight is 380 g/mol. The number of nitrogens with zero attached hydrogens (tertiary/aromatic N) is 2. The standard InChI is InChI=1S/C23H29N3O2/c27-22(16-7-2-1-3-8-16)26-13-6-11-21(26)23(28)25-14-12-20-18(15-25)17-9-4-5-10-19(17)24-20/h4-5,9-10,16,21,24H,1-3,6-8,11-15H2. The largest absolute Gasteiger partial charge is 0.358 e. The lowest BCUT2D eigenvalue weighted by molar-refractivity contribution is -0.147. The van der Waals surface area contributed by atoms with E-state index in [4.69, 9.17) is 0 Å². The third-order valence-electron chi connectivity index (χ3n) is 6.97. The van der Waals surface area contributed by atoms with Crippen LogP contribution >= 0.6 is 0 Å². The van der Waals surface area contributed by atoms with Gasteiger partial charge in [0.1, 0.15) is 6.04 Å². The van der Waals surface area contributed by atoms with Crippen molar-refractivity contribution in [2.24, 2.45) is 5.92 Å². The molecule has 1 aromatic heterocycles. The van der Waals surface area contributed by atoms with Gasteiger partial charge in [-0.15, -0.1) is 0 Å². The number of H-pyrrole nitrogens is 1. The van der Waals surface area contributed by atoms with Gasteiger partial charge in [-0.1, -0.05) is 37.5 Å². The summed E-state index contributed by atoms with van der Waals surface area (Å²) < 4.78 is 0. The monoisotopic (exact) mass is 379 g/mol. The summed E-state index contributed by atoms with van der Waals surface area (Å²) in [5.41, 5.74) is 3.65. The van der Waals surface area contributed by atoms with Crippen LogP contribution in [0.2, 0.25) is 0 Å². The molecule has 2 fully saturated rings. The Bertz CT molecular complexity index is 896. The van der Waals surface area contributed by atoms with Crippen molar-refractivity contribution in [2.45, 2.75) is 64.0 Å². The molecule has 3 heterocycles. The van der Waals surface area contributed by atoms with Crippen molar-refractivity contribution >= 4 is 22.7 Å². The zero-order valence-electron chi connectivity index (χ0n) is 16.5. The molecule has 0 spiro atoms. The maximum Gasteiger partial charge on any atom is 0.245 e. The van der Waals surface area contributed by atoms with Gasteiger partial charge >= 0.3 is 0 Å². The van der Waals surface area contributed by atoms with Crippen LogP contribution in [0.4, 0.5) is 0 Å². The number of fused-ring (bicyclic) bond motifs is 3. The van der Waals surface area contributed by atoms with Gasteiger partial charge in [-0.2, -0.15) is 0 Å². The molecule has 5 heteroatoms. The number of hydrogen-bond acceptors (Lipinski definition) is 2. The number of aromatic amines is 1. The van der Waals surface area contributed by atoms with Crippen molar-refractivity contribution in [2.75, 3.05) is 13.1 Å². The summed E-state index contributed by atoms with van der Waals surface area (Å²) in [6, 6.07) is 8.08. The smallest absolute Gasteiger partial charge is 0.245 e. The molecule has 148 valence electrons. The highest BCUT2D eigenvalue weighted by Gasteiger charge is 2.39. The predicted molar refractivity (Wildman–Crippen MR) is 109 cm³/mol. The molecule has 0 radical (unpaired) electrons. The Hall–Kier alpha value is -2.30. The quantitative estimate of drug-likeness (QED) is 0.866. The molecule has 3 aliphatic rings. The van der Waals surface area contributed by atoms with Crippen LogP contribution in [0.15, 0.2) is 24.3 Å². The lowest BCUT2D eigenvalue weighted by Crippen LogP contribution is -2.50. The van der Waals surface area contributed by atoms with Gasteiger partial charge in [-0.3, -0.25) is 9.59 Å². The second-order valence-electron chi connectivity index (χ2n) is 8.66. The maximum atomic E-state index is 13.4. The molecule has 2 aromatic rings. The number of benzene rings is 1. The topological polar surface area (TPSA) is 56.4 Å². The van der Waals surface area contributed by atoms with Crippen LogP contribution in [0.25, 0.3) is 10.9 Å². The highest BCUT2D eigenvalue weighted by molar-refractivity contribution is 5.90. The van der Waals surface area contributed by atoms with Crippen LogP contribution in [0.3, 0.4) is 0 Å². The van der Waals surface area contributed by atoms with E-state index in [0.29, 0.717) is 6.54 Å². The number of carbonyl (C=O) groups excluding carboxylic acids is 2. The molecule has 2 aliphatic heterocycles. The van der Waals surface area contributed by atoms with Gasteiger partial charge < -0.3 is 14.8 Å². The zero-order valence-corrected chi connectivity index (χ0v) is 16.5. The molecule has 1 aromatic carbocycles. The van der Waals surface area contributed by atoms with Gasteiger partial charge in [0.25, 0.3) is 0 Å². The Balaban J connectivity index is 1.33. The Kier molecular flexibility index (Phi) is 4.61. The number of rotatable bonds is 2. The molecule has 1 N–H and O–H groups in total. The summed E-state index contributed by atoms with van der Waals surface area (Å²) in [5.74, 6) is 0.529. The van der Waals surface area contributed by atoms with Crippen molar-refractivity contribution in [3.63, 3.8) is 0 Å². The van der Waals surface area contributed by atoms with Gasteiger partial charge in [0.15, 0.2) is 0 Å². The van der Waals surface area contributed by atoms with E-state index in [1.165, 1.54) is 23.1 Å². The Labute approximate surface area is 166 Å². The summed E-state index contributed by atoms with van der Waals surface area (Å²) >= 11 is 0. The first kappa shape index (κ1) is 17.8. The Morgan fingerprint density at radius 3 is 2.61 bits per heavy atom. The SMILES string of the molecule is O=C(C1CCCN1C(=O)C1CCCCC1)N1CCc2[nH]c3ccccc3c2C1. The van der Waals surface area contributed by atoms with E-state index in [-0.39, 0.29) is 23.8 Å². The fraction of sp³-hybridized carbons (Fsp3) is 0.565. The van der Waals surface area contributed by atoms with E-state index >= 15 is 0 Å². The minimum atomic E-state index is -0.249. The minimum Gasteiger partial charge on any atom is -0.358 e. The van der Waals surface area contributed by atoms with Crippen molar-refractivity contribution in [3.05, 3.63) is 35.5 Å². The summed E-state index contributed by atoms with van der Waals surface area (Å²) in [5, 5.41) is 1.22. The first-order chi connectivity index (χ1) is 13.7. The molecule has 1 saturated heterocycles. The van der Waals surface area contributed by atoms with Crippen LogP contribution in [0.5, 0.6) is 0 Å². The molecule has 1 saturated carbocycles. The molecular formula is C23H29N3O2. The van der Waals surface area contributed by atoms with Crippen LogP contribution < -0.4 is 0 Å². The highest BCUT2D eigenvalue weighted by Crippen LogP contribution is 2.32. The van der Waals surface area contributed by atoms with Crippen molar-refractivity contribution in [1.82, 2.24) is 14.8 Å². The van der Waals surface area contributed by atoms with Crippen LogP contribution in [-0.2, 0) is 22.6 Å². The second-order valence-corrected chi connectivity index (χ2v) is 8.66. The number of carbonyl (C=O) groups is 2. The molecule has 1 unspecified atom stereocenters. The molecule has 0 bridgehead atoms. The molecule has 5 rings (SSSR count). The van der Waals surface area contributed by atoms with E-state index < -0.39 is 0 Å². The first-order valence-electron chi connectivity index (χ1n) is 10.9. The van der Waals surface area contributed by atoms with Gasteiger partial charge in [0.05, 0.1) is 0 Å². The normalized spacial score (nSPS) is 23.2. The Morgan fingerprint density at radius 1 is 0.929 bits per heavy atom. The zero-order chi connectivity index (χ0) is 19.1. The van der Waals surface area contributed by atoms with Crippen molar-refractivity contribution in [1.29, 1.82) is 0 Å². The third kappa shape index (κ3) is 3.01. The number of amides is 2. The minimum absolute atomic E-state index is 0.142. The fourth-order valence-electron chi connectivity index (χ4n) is 5.44. The summed E-state index contributed by atoms with van der Waals surface area (Å²) in [4.78, 5) is 33.9. The van der Waals surface area contributed by atoms with E-state index in [9.17, 15) is 9.59 Å². The molecule has 1 aliphatic carbocycles. The third-order valence-corrected chi connectivity index (χ3v) is 6.97. The number of likely N-dealkylation sites (tertiary alicyclic amines) is 1. The van der Waals surface area contributed by atoms with Crippen molar-refractivity contribution < 1.29 is 9.59 Å². The molecule has 1 atom stereocenters. The van der Waals surface area contributed by atoms with Gasteiger partial charge in [-0.25, -0.2) is 0 Å². The number of nitrogens with one attached hydrogen (secondary N) is 1. The number of aromatic nitrogens is 1. The second kappa shape index (κ2) is 7.26. The number of para-hydroxylation sites is 1. The molecular weight excluding hydrogens is 350 g/mol. The predicted octanol–water partition coefficient (Wildman–Crippen LogP) is 3.62. The van der Waals surface area contributed by atoms with Gasteiger partial charge in [-0.05, 0) is 31.7 Å². The molecule has 28 heavy (non-hydrogen) atoms. The maximum absolute atomic E-state index is 13.4. The summed E-state index contributed by atoms with van der Waals surface area (Å²) in [7, 11) is 0. The summed E-state index contributed by atoms with van der Waals surface area (Å²) in [6.07, 6.45) is 8.16. The van der Waals surface area contributed by atoms with Gasteiger partial charge in [0.2, 0.25) is 11.8 Å². The average Bonchev–Trinajstić information content (AvgIpc) is 3.37. The van der Waals surface area contributed by atoms with E-state index in [0.717, 1.165) is 63.6 Å². The number of hydrogen-bond donors (Lipinski definition) is 1. The lowest BCUT2D eigenvalue weighted by atomic mass is 9.88. The highest BCUT2D eigenvalue weighted by atomic mass is 16.2. The summed E-state index contributed by atoms with van der Waals surface area (Å²) in [6.45, 7) is 2.14. The van der Waals surface area contributed by atoms with E-state index in [1.54, 1.807) is 0 Å². The fourth-order valence-corrected chi connectivity index (χ4v) is 5.44. The lowest BCUT2D eigenvalue weighted by Gasteiger charge is -2.34. The molecule has 2 amide bonds. The van der Waals surface area contributed by atoms with Crippen LogP contribution in [-0.4, -0.2) is 45.7 Å². The van der Waals surface area contributed by atoms with Crippen LogP contribution in [0, 0.1) is 5.92 Å². The van der Waals surface area contributed by atoms with Gasteiger partial charge in [0, 0.05) is 54.1 Å². The van der Waals surface area contributed by atoms with E-state index in [2.05, 4.69) is 23.2 Å². The van der Waals surface area contributed by atoms with Crippen LogP contribution in [0.1, 0.15) is 56.2 Å².